The van der Waals surface area contributed by atoms with Gasteiger partial charge in [-0.2, -0.15) is 11.8 Å². The lowest BCUT2D eigenvalue weighted by Crippen LogP contribution is -2.41. The molecular formula is C8H15NS. The fourth-order valence-corrected chi connectivity index (χ4v) is 3.51. The van der Waals surface area contributed by atoms with Gasteiger partial charge in [0.25, 0.3) is 0 Å². The summed E-state index contributed by atoms with van der Waals surface area (Å²) in [7, 11) is 0. The van der Waals surface area contributed by atoms with E-state index in [1.807, 2.05) is 0 Å². The van der Waals surface area contributed by atoms with Crippen molar-refractivity contribution < 1.29 is 0 Å². The molecule has 0 unspecified atom stereocenters. The fourth-order valence-electron chi connectivity index (χ4n) is 2.05. The Labute approximate surface area is 67.0 Å². The van der Waals surface area contributed by atoms with Crippen LogP contribution in [0.15, 0.2) is 0 Å². The van der Waals surface area contributed by atoms with Crippen LogP contribution in [-0.4, -0.2) is 23.6 Å². The number of rotatable bonds is 0. The van der Waals surface area contributed by atoms with Crippen LogP contribution in [0.4, 0.5) is 0 Å². The molecule has 0 aromatic heterocycles. The lowest BCUT2D eigenvalue weighted by Gasteiger charge is -2.32. The predicted octanol–water partition coefficient (Wildman–Crippen LogP) is 1.64. The highest BCUT2D eigenvalue weighted by Gasteiger charge is 2.35. The van der Waals surface area contributed by atoms with Gasteiger partial charge in [-0.15, -0.1) is 0 Å². The van der Waals surface area contributed by atoms with E-state index in [0.29, 0.717) is 4.75 Å². The summed E-state index contributed by atoms with van der Waals surface area (Å²) in [6, 6.07) is 0. The summed E-state index contributed by atoms with van der Waals surface area (Å²) < 4.78 is 0.679. The minimum absolute atomic E-state index is 0.679. The van der Waals surface area contributed by atoms with Crippen molar-refractivity contribution in [1.82, 2.24) is 5.32 Å². The molecule has 0 atom stereocenters. The Morgan fingerprint density at radius 2 is 2.00 bits per heavy atom. The molecule has 1 nitrogen and oxygen atoms in total. The molecule has 2 fully saturated rings. The fraction of sp³-hybridized carbons (Fsp3) is 1.00. The predicted molar refractivity (Wildman–Crippen MR) is 46.5 cm³/mol. The van der Waals surface area contributed by atoms with Crippen molar-refractivity contribution in [2.24, 2.45) is 0 Å². The van der Waals surface area contributed by atoms with Crippen molar-refractivity contribution in [1.29, 1.82) is 0 Å². The Balaban J connectivity index is 1.98. The van der Waals surface area contributed by atoms with Gasteiger partial charge in [0.05, 0.1) is 0 Å². The molecule has 0 aromatic rings. The summed E-state index contributed by atoms with van der Waals surface area (Å²) in [4.78, 5) is 0. The Bertz CT molecular complexity index is 110. The van der Waals surface area contributed by atoms with Gasteiger partial charge in [-0.25, -0.2) is 0 Å². The maximum Gasteiger partial charge on any atom is 0.0285 e. The van der Waals surface area contributed by atoms with E-state index in [-0.39, 0.29) is 0 Å². The minimum atomic E-state index is 0.679. The molecule has 10 heavy (non-hydrogen) atoms. The van der Waals surface area contributed by atoms with Crippen molar-refractivity contribution in [2.45, 2.75) is 30.4 Å². The summed E-state index contributed by atoms with van der Waals surface area (Å²) >= 11 is 2.21. The van der Waals surface area contributed by atoms with E-state index in [1.54, 1.807) is 0 Å². The molecule has 0 bridgehead atoms. The zero-order valence-corrected chi connectivity index (χ0v) is 7.17. The third-order valence-electron chi connectivity index (χ3n) is 2.65. The van der Waals surface area contributed by atoms with E-state index in [0.717, 1.165) is 0 Å². The van der Waals surface area contributed by atoms with Crippen LogP contribution in [0, 0.1) is 0 Å². The summed E-state index contributed by atoms with van der Waals surface area (Å²) in [5.74, 6) is 1.33. The zero-order chi connectivity index (χ0) is 6.86. The average Bonchev–Trinajstić information content (AvgIpc) is 2.39. The second-order valence-corrected chi connectivity index (χ2v) is 4.98. The number of thioether (sulfide) groups is 1. The highest BCUT2D eigenvalue weighted by atomic mass is 32.2. The summed E-state index contributed by atoms with van der Waals surface area (Å²) in [6.07, 6.45) is 5.86. The third kappa shape index (κ3) is 1.19. The van der Waals surface area contributed by atoms with Crippen molar-refractivity contribution in [2.75, 3.05) is 18.8 Å². The van der Waals surface area contributed by atoms with Crippen LogP contribution in [0.3, 0.4) is 0 Å². The lowest BCUT2D eigenvalue weighted by molar-refractivity contribution is 0.528. The van der Waals surface area contributed by atoms with Gasteiger partial charge >= 0.3 is 0 Å². The van der Waals surface area contributed by atoms with Crippen LogP contribution in [0.1, 0.15) is 25.7 Å². The standard InChI is InChI=1S/C8H15NS/c1-2-4-8(3-1)7-9-5-6-10-8/h9H,1-7H2. The van der Waals surface area contributed by atoms with Gasteiger partial charge in [-0.3, -0.25) is 0 Å². The molecule has 1 aliphatic carbocycles. The van der Waals surface area contributed by atoms with E-state index in [1.165, 1.54) is 44.5 Å². The van der Waals surface area contributed by atoms with E-state index in [9.17, 15) is 0 Å². The van der Waals surface area contributed by atoms with Gasteiger partial charge in [0.1, 0.15) is 0 Å². The van der Waals surface area contributed by atoms with Crippen LogP contribution >= 0.6 is 11.8 Å². The number of nitrogens with one attached hydrogen (secondary N) is 1. The minimum Gasteiger partial charge on any atom is -0.315 e. The molecule has 1 N–H and O–H groups in total. The second kappa shape index (κ2) is 2.74. The van der Waals surface area contributed by atoms with E-state index < -0.39 is 0 Å². The summed E-state index contributed by atoms with van der Waals surface area (Å²) in [5, 5.41) is 3.50. The normalized spacial score (nSPS) is 31.2. The van der Waals surface area contributed by atoms with Gasteiger partial charge in [0.2, 0.25) is 0 Å². The largest absolute Gasteiger partial charge is 0.315 e. The van der Waals surface area contributed by atoms with Crippen LogP contribution in [0.2, 0.25) is 0 Å². The smallest absolute Gasteiger partial charge is 0.0285 e. The molecule has 1 heterocycles. The average molecular weight is 157 g/mol. The molecule has 58 valence electrons. The quantitative estimate of drug-likeness (QED) is 0.573. The Kier molecular flexibility index (Phi) is 1.92. The molecule has 0 aromatic carbocycles. The highest BCUT2D eigenvalue weighted by Crippen LogP contribution is 2.42. The zero-order valence-electron chi connectivity index (χ0n) is 6.36. The van der Waals surface area contributed by atoms with E-state index >= 15 is 0 Å². The molecule has 2 rings (SSSR count). The molecule has 1 spiro atoms. The summed E-state index contributed by atoms with van der Waals surface area (Å²) in [6.45, 7) is 2.50. The lowest BCUT2D eigenvalue weighted by atomic mass is 10.1. The maximum atomic E-state index is 3.50. The van der Waals surface area contributed by atoms with Crippen molar-refractivity contribution in [3.8, 4) is 0 Å². The van der Waals surface area contributed by atoms with Crippen molar-refractivity contribution in [3.05, 3.63) is 0 Å². The van der Waals surface area contributed by atoms with Crippen LogP contribution in [0.5, 0.6) is 0 Å². The first-order valence-corrected chi connectivity index (χ1v) is 5.25. The molecule has 1 saturated heterocycles. The first-order valence-electron chi connectivity index (χ1n) is 4.26. The Morgan fingerprint density at radius 1 is 1.20 bits per heavy atom. The topological polar surface area (TPSA) is 12.0 Å². The van der Waals surface area contributed by atoms with Gasteiger partial charge < -0.3 is 5.32 Å². The molecule has 2 aliphatic rings. The molecule has 1 aliphatic heterocycles. The highest BCUT2D eigenvalue weighted by molar-refractivity contribution is 8.00. The summed E-state index contributed by atoms with van der Waals surface area (Å²) in [5.41, 5.74) is 0. The molecule has 1 saturated carbocycles. The van der Waals surface area contributed by atoms with Crippen LogP contribution < -0.4 is 5.32 Å². The molecule has 0 radical (unpaired) electrons. The number of hydrogen-bond acceptors (Lipinski definition) is 2. The molecule has 2 heteroatoms. The van der Waals surface area contributed by atoms with E-state index in [2.05, 4.69) is 17.1 Å². The van der Waals surface area contributed by atoms with Crippen LogP contribution in [0.25, 0.3) is 0 Å². The first-order chi connectivity index (χ1) is 4.91. The van der Waals surface area contributed by atoms with Gasteiger partial charge in [0.15, 0.2) is 0 Å². The third-order valence-corrected chi connectivity index (χ3v) is 4.22. The van der Waals surface area contributed by atoms with Gasteiger partial charge in [-0.05, 0) is 12.8 Å². The molecule has 0 amide bonds. The van der Waals surface area contributed by atoms with Crippen molar-refractivity contribution >= 4 is 11.8 Å². The monoisotopic (exact) mass is 157 g/mol. The van der Waals surface area contributed by atoms with Crippen LogP contribution in [-0.2, 0) is 0 Å². The maximum absolute atomic E-state index is 3.50. The van der Waals surface area contributed by atoms with Gasteiger partial charge in [-0.1, -0.05) is 12.8 Å². The van der Waals surface area contributed by atoms with E-state index in [4.69, 9.17) is 0 Å². The van der Waals surface area contributed by atoms with Crippen molar-refractivity contribution in [3.63, 3.8) is 0 Å². The SMILES string of the molecule is C1CCC2(C1)CNCCS2. The number of hydrogen-bond donors (Lipinski definition) is 1. The van der Waals surface area contributed by atoms with Gasteiger partial charge in [0, 0.05) is 23.6 Å². The Morgan fingerprint density at radius 3 is 2.60 bits per heavy atom. The Hall–Kier alpha value is 0.310. The first kappa shape index (κ1) is 6.99. The molecular weight excluding hydrogens is 142 g/mol. The second-order valence-electron chi connectivity index (χ2n) is 3.42.